The van der Waals surface area contributed by atoms with Gasteiger partial charge in [-0.2, -0.15) is 0 Å². The van der Waals surface area contributed by atoms with Crippen LogP contribution in [0.5, 0.6) is 0 Å². The molecule has 0 radical (unpaired) electrons. The maximum absolute atomic E-state index is 9.52. The standard InChI is InChI=1S/C12H18N2O/c1-9(13)11-4-2-3-5-12(11)14-7-6-10(15)8-14/h2-5,9-10,15H,6-8,13H2,1H3/t9-,10?/m1/s1. The number of nitrogens with zero attached hydrogens (tertiary/aromatic N) is 1. The van der Waals surface area contributed by atoms with E-state index >= 15 is 0 Å². The largest absolute Gasteiger partial charge is 0.391 e. The van der Waals surface area contributed by atoms with Crippen LogP contribution in [0.25, 0.3) is 0 Å². The Balaban J connectivity index is 2.27. The lowest BCUT2D eigenvalue weighted by Gasteiger charge is -2.23. The van der Waals surface area contributed by atoms with Gasteiger partial charge in [0, 0.05) is 24.8 Å². The normalized spacial score (nSPS) is 23.1. The third-order valence-electron chi connectivity index (χ3n) is 2.93. The highest BCUT2D eigenvalue weighted by atomic mass is 16.3. The number of hydrogen-bond acceptors (Lipinski definition) is 3. The number of hydrogen-bond donors (Lipinski definition) is 2. The van der Waals surface area contributed by atoms with Crippen molar-refractivity contribution in [2.24, 2.45) is 5.73 Å². The molecule has 2 rings (SSSR count). The van der Waals surface area contributed by atoms with E-state index in [2.05, 4.69) is 17.0 Å². The van der Waals surface area contributed by atoms with Gasteiger partial charge in [-0.3, -0.25) is 0 Å². The smallest absolute Gasteiger partial charge is 0.0731 e. The summed E-state index contributed by atoms with van der Waals surface area (Å²) in [6, 6.07) is 8.21. The maximum atomic E-state index is 9.52. The van der Waals surface area contributed by atoms with Gasteiger partial charge in [0.25, 0.3) is 0 Å². The Morgan fingerprint density at radius 3 is 2.80 bits per heavy atom. The van der Waals surface area contributed by atoms with Crippen molar-refractivity contribution in [1.29, 1.82) is 0 Å². The fourth-order valence-corrected chi connectivity index (χ4v) is 2.12. The molecule has 1 aromatic rings. The van der Waals surface area contributed by atoms with E-state index in [1.165, 1.54) is 5.69 Å². The van der Waals surface area contributed by atoms with E-state index in [0.717, 1.165) is 25.1 Å². The summed E-state index contributed by atoms with van der Waals surface area (Å²) in [5.74, 6) is 0. The maximum Gasteiger partial charge on any atom is 0.0731 e. The number of nitrogens with two attached hydrogens (primary N) is 1. The minimum absolute atomic E-state index is 0.0407. The molecule has 1 aromatic carbocycles. The molecule has 0 aliphatic carbocycles. The Morgan fingerprint density at radius 1 is 1.47 bits per heavy atom. The molecule has 0 saturated carbocycles. The Bertz CT molecular complexity index is 338. The molecule has 1 unspecified atom stereocenters. The van der Waals surface area contributed by atoms with Crippen molar-refractivity contribution in [3.8, 4) is 0 Å². The van der Waals surface area contributed by atoms with Crippen LogP contribution in [-0.2, 0) is 0 Å². The molecular weight excluding hydrogens is 188 g/mol. The van der Waals surface area contributed by atoms with Crippen LogP contribution in [-0.4, -0.2) is 24.3 Å². The monoisotopic (exact) mass is 206 g/mol. The zero-order valence-corrected chi connectivity index (χ0v) is 9.06. The SMILES string of the molecule is C[C@@H](N)c1ccccc1N1CCC(O)C1. The average molecular weight is 206 g/mol. The van der Waals surface area contributed by atoms with Crippen molar-refractivity contribution in [2.45, 2.75) is 25.5 Å². The first kappa shape index (κ1) is 10.5. The Labute approximate surface area is 90.5 Å². The molecule has 3 N–H and O–H groups in total. The predicted molar refractivity (Wildman–Crippen MR) is 61.9 cm³/mol. The van der Waals surface area contributed by atoms with Crippen molar-refractivity contribution >= 4 is 5.69 Å². The van der Waals surface area contributed by atoms with E-state index < -0.39 is 0 Å². The third kappa shape index (κ3) is 2.13. The topological polar surface area (TPSA) is 49.5 Å². The summed E-state index contributed by atoms with van der Waals surface area (Å²) in [5, 5.41) is 9.52. The summed E-state index contributed by atoms with van der Waals surface area (Å²) in [6.45, 7) is 3.64. The molecule has 0 spiro atoms. The number of para-hydroxylation sites is 1. The molecular formula is C12H18N2O. The van der Waals surface area contributed by atoms with Gasteiger partial charge >= 0.3 is 0 Å². The second-order valence-electron chi connectivity index (χ2n) is 4.24. The highest BCUT2D eigenvalue weighted by molar-refractivity contribution is 5.55. The number of benzene rings is 1. The van der Waals surface area contributed by atoms with Crippen molar-refractivity contribution in [3.63, 3.8) is 0 Å². The van der Waals surface area contributed by atoms with E-state index in [1.807, 2.05) is 19.1 Å². The fourth-order valence-electron chi connectivity index (χ4n) is 2.12. The molecule has 3 heteroatoms. The average Bonchev–Trinajstić information content (AvgIpc) is 2.65. The zero-order chi connectivity index (χ0) is 10.8. The minimum Gasteiger partial charge on any atom is -0.391 e. The van der Waals surface area contributed by atoms with Crippen LogP contribution in [0.1, 0.15) is 24.9 Å². The molecule has 3 nitrogen and oxygen atoms in total. The zero-order valence-electron chi connectivity index (χ0n) is 9.06. The summed E-state index contributed by atoms with van der Waals surface area (Å²) in [5.41, 5.74) is 8.26. The van der Waals surface area contributed by atoms with E-state index in [-0.39, 0.29) is 12.1 Å². The number of rotatable bonds is 2. The molecule has 0 bridgehead atoms. The highest BCUT2D eigenvalue weighted by Gasteiger charge is 2.22. The van der Waals surface area contributed by atoms with Crippen LogP contribution < -0.4 is 10.6 Å². The molecule has 15 heavy (non-hydrogen) atoms. The molecule has 1 saturated heterocycles. The van der Waals surface area contributed by atoms with Crippen LogP contribution in [0, 0.1) is 0 Å². The van der Waals surface area contributed by atoms with Gasteiger partial charge in [-0.15, -0.1) is 0 Å². The summed E-state index contributed by atoms with van der Waals surface area (Å²) in [6.07, 6.45) is 0.666. The number of aliphatic hydroxyl groups excluding tert-OH is 1. The quantitative estimate of drug-likeness (QED) is 0.766. The number of β-amino-alcohol motifs (C(OH)–C–C–N with tert-alkyl or cyclic N) is 1. The first-order valence-corrected chi connectivity index (χ1v) is 5.46. The molecule has 1 aliphatic rings. The molecule has 1 fully saturated rings. The van der Waals surface area contributed by atoms with Crippen molar-refractivity contribution in [3.05, 3.63) is 29.8 Å². The summed E-state index contributed by atoms with van der Waals surface area (Å²) >= 11 is 0. The molecule has 82 valence electrons. The Kier molecular flexibility index (Phi) is 2.93. The van der Waals surface area contributed by atoms with Crippen LogP contribution in [0.2, 0.25) is 0 Å². The lowest BCUT2D eigenvalue weighted by molar-refractivity contribution is 0.198. The first-order chi connectivity index (χ1) is 7.18. The van der Waals surface area contributed by atoms with Crippen molar-refractivity contribution in [2.75, 3.05) is 18.0 Å². The predicted octanol–water partition coefficient (Wildman–Crippen LogP) is 1.28. The van der Waals surface area contributed by atoms with Crippen molar-refractivity contribution in [1.82, 2.24) is 0 Å². The van der Waals surface area contributed by atoms with E-state index in [1.54, 1.807) is 0 Å². The Hall–Kier alpha value is -1.06. The van der Waals surface area contributed by atoms with Gasteiger partial charge in [-0.05, 0) is 25.0 Å². The fraction of sp³-hybridized carbons (Fsp3) is 0.500. The van der Waals surface area contributed by atoms with Crippen LogP contribution in [0.4, 0.5) is 5.69 Å². The van der Waals surface area contributed by atoms with Gasteiger partial charge in [0.15, 0.2) is 0 Å². The lowest BCUT2D eigenvalue weighted by Crippen LogP contribution is -2.23. The molecule has 1 aliphatic heterocycles. The number of aliphatic hydroxyl groups is 1. The van der Waals surface area contributed by atoms with E-state index in [0.29, 0.717) is 0 Å². The van der Waals surface area contributed by atoms with Crippen LogP contribution in [0.3, 0.4) is 0 Å². The molecule has 2 atom stereocenters. The second kappa shape index (κ2) is 4.21. The second-order valence-corrected chi connectivity index (χ2v) is 4.24. The van der Waals surface area contributed by atoms with E-state index in [4.69, 9.17) is 5.73 Å². The van der Waals surface area contributed by atoms with Gasteiger partial charge in [0.2, 0.25) is 0 Å². The lowest BCUT2D eigenvalue weighted by atomic mass is 10.1. The third-order valence-corrected chi connectivity index (χ3v) is 2.93. The highest BCUT2D eigenvalue weighted by Crippen LogP contribution is 2.27. The summed E-state index contributed by atoms with van der Waals surface area (Å²) < 4.78 is 0. The van der Waals surface area contributed by atoms with Gasteiger partial charge in [-0.25, -0.2) is 0 Å². The molecule has 0 amide bonds. The first-order valence-electron chi connectivity index (χ1n) is 5.46. The van der Waals surface area contributed by atoms with Crippen molar-refractivity contribution < 1.29 is 5.11 Å². The summed E-state index contributed by atoms with van der Waals surface area (Å²) in [7, 11) is 0. The van der Waals surface area contributed by atoms with Gasteiger partial charge < -0.3 is 15.7 Å². The molecule has 1 heterocycles. The minimum atomic E-state index is -0.189. The number of anilines is 1. The molecule has 0 aromatic heterocycles. The van der Waals surface area contributed by atoms with Crippen LogP contribution >= 0.6 is 0 Å². The van der Waals surface area contributed by atoms with Gasteiger partial charge in [-0.1, -0.05) is 18.2 Å². The van der Waals surface area contributed by atoms with Gasteiger partial charge in [0.05, 0.1) is 6.10 Å². The Morgan fingerprint density at radius 2 is 2.20 bits per heavy atom. The van der Waals surface area contributed by atoms with E-state index in [9.17, 15) is 5.11 Å². The summed E-state index contributed by atoms with van der Waals surface area (Å²) in [4.78, 5) is 2.21. The van der Waals surface area contributed by atoms with Gasteiger partial charge in [0.1, 0.15) is 0 Å². The van der Waals surface area contributed by atoms with Crippen LogP contribution in [0.15, 0.2) is 24.3 Å².